The van der Waals surface area contributed by atoms with Gasteiger partial charge in [-0.2, -0.15) is 0 Å². The number of hydrogen-bond donors (Lipinski definition) is 0. The number of ketones is 1. The second-order valence-corrected chi connectivity index (χ2v) is 4.57. The molecule has 0 aliphatic heterocycles. The molecule has 5 nitrogen and oxygen atoms in total. The zero-order chi connectivity index (χ0) is 15.9. The van der Waals surface area contributed by atoms with Gasteiger partial charge < -0.3 is 9.47 Å². The molecule has 0 amide bonds. The normalized spacial score (nSPS) is 10.1. The van der Waals surface area contributed by atoms with Crippen molar-refractivity contribution in [1.82, 2.24) is 4.98 Å². The Bertz CT molecular complexity index is 647. The molecule has 2 aromatic rings. The van der Waals surface area contributed by atoms with E-state index in [0.717, 1.165) is 11.1 Å². The third-order valence-corrected chi connectivity index (χ3v) is 3.10. The molecule has 0 saturated heterocycles. The van der Waals surface area contributed by atoms with Crippen LogP contribution in [0.1, 0.15) is 23.7 Å². The van der Waals surface area contributed by atoms with E-state index < -0.39 is 5.97 Å². The first-order valence-electron chi connectivity index (χ1n) is 6.93. The molecule has 114 valence electrons. The monoisotopic (exact) mass is 299 g/mol. The van der Waals surface area contributed by atoms with Gasteiger partial charge in [0.1, 0.15) is 6.42 Å². The van der Waals surface area contributed by atoms with Crippen LogP contribution in [0.3, 0.4) is 0 Å². The maximum Gasteiger partial charge on any atom is 0.313 e. The highest BCUT2D eigenvalue weighted by Gasteiger charge is 2.12. The Morgan fingerprint density at radius 2 is 1.73 bits per heavy atom. The standard InChI is InChI=1S/C17H17NO4/c1-3-22-17(20)10-15(19)13-6-4-12(5-7-13)14-8-9-16(21-2)18-11-14/h4-9,11H,3,10H2,1-2H3. The van der Waals surface area contributed by atoms with Crippen LogP contribution in [0.15, 0.2) is 42.6 Å². The van der Waals surface area contributed by atoms with Gasteiger partial charge in [-0.15, -0.1) is 0 Å². The highest BCUT2D eigenvalue weighted by atomic mass is 16.5. The predicted octanol–water partition coefficient (Wildman–Crippen LogP) is 2.89. The maximum atomic E-state index is 11.9. The van der Waals surface area contributed by atoms with Crippen molar-refractivity contribution in [3.8, 4) is 17.0 Å². The Kier molecular flexibility index (Phi) is 5.25. The SMILES string of the molecule is CCOC(=O)CC(=O)c1ccc(-c2ccc(OC)nc2)cc1. The van der Waals surface area contributed by atoms with E-state index in [4.69, 9.17) is 9.47 Å². The number of benzene rings is 1. The summed E-state index contributed by atoms with van der Waals surface area (Å²) in [6.45, 7) is 1.98. The van der Waals surface area contributed by atoms with E-state index in [1.807, 2.05) is 18.2 Å². The smallest absolute Gasteiger partial charge is 0.313 e. The molecule has 0 unspecified atom stereocenters. The minimum Gasteiger partial charge on any atom is -0.481 e. The molecule has 0 radical (unpaired) electrons. The van der Waals surface area contributed by atoms with Crippen LogP contribution in [0.5, 0.6) is 5.88 Å². The number of nitrogens with zero attached hydrogens (tertiary/aromatic N) is 1. The van der Waals surface area contributed by atoms with E-state index in [1.165, 1.54) is 0 Å². The van der Waals surface area contributed by atoms with Crippen molar-refractivity contribution in [3.05, 3.63) is 48.2 Å². The third kappa shape index (κ3) is 3.91. The minimum atomic E-state index is -0.504. The first-order chi connectivity index (χ1) is 10.6. The Balaban J connectivity index is 2.09. The summed E-state index contributed by atoms with van der Waals surface area (Å²) in [6.07, 6.45) is 1.46. The van der Waals surface area contributed by atoms with Crippen LogP contribution in [0.4, 0.5) is 0 Å². The van der Waals surface area contributed by atoms with Crippen molar-refractivity contribution in [2.24, 2.45) is 0 Å². The third-order valence-electron chi connectivity index (χ3n) is 3.10. The number of Topliss-reactive ketones (excluding diaryl/α,β-unsaturated/α-hetero) is 1. The van der Waals surface area contributed by atoms with E-state index in [9.17, 15) is 9.59 Å². The van der Waals surface area contributed by atoms with Crippen molar-refractivity contribution in [2.45, 2.75) is 13.3 Å². The van der Waals surface area contributed by atoms with Crippen molar-refractivity contribution < 1.29 is 19.1 Å². The van der Waals surface area contributed by atoms with Crippen molar-refractivity contribution in [2.75, 3.05) is 13.7 Å². The summed E-state index contributed by atoms with van der Waals surface area (Å²) in [7, 11) is 1.56. The number of esters is 1. The first kappa shape index (κ1) is 15.7. The van der Waals surface area contributed by atoms with E-state index in [-0.39, 0.29) is 18.8 Å². The van der Waals surface area contributed by atoms with E-state index in [0.29, 0.717) is 11.4 Å². The largest absolute Gasteiger partial charge is 0.481 e. The van der Waals surface area contributed by atoms with Gasteiger partial charge in [0.2, 0.25) is 5.88 Å². The average molecular weight is 299 g/mol. The summed E-state index contributed by atoms with van der Waals surface area (Å²) in [4.78, 5) is 27.4. The van der Waals surface area contributed by atoms with Gasteiger partial charge in [0.25, 0.3) is 0 Å². The van der Waals surface area contributed by atoms with E-state index in [1.54, 1.807) is 38.4 Å². The van der Waals surface area contributed by atoms with Crippen LogP contribution in [0, 0.1) is 0 Å². The number of aromatic nitrogens is 1. The molecule has 1 aromatic heterocycles. The summed E-state index contributed by atoms with van der Waals surface area (Å²) in [5.74, 6) is -0.209. The van der Waals surface area contributed by atoms with Crippen LogP contribution in [0.25, 0.3) is 11.1 Å². The average Bonchev–Trinajstić information content (AvgIpc) is 2.55. The molecule has 2 rings (SSSR count). The molecular weight excluding hydrogens is 282 g/mol. The van der Waals surface area contributed by atoms with Gasteiger partial charge in [-0.05, 0) is 18.6 Å². The molecule has 0 spiro atoms. The Morgan fingerprint density at radius 1 is 1.05 bits per heavy atom. The van der Waals surface area contributed by atoms with Crippen LogP contribution in [-0.2, 0) is 9.53 Å². The van der Waals surface area contributed by atoms with Gasteiger partial charge in [-0.3, -0.25) is 9.59 Å². The molecule has 0 bridgehead atoms. The number of carbonyl (C=O) groups is 2. The van der Waals surface area contributed by atoms with Crippen molar-refractivity contribution >= 4 is 11.8 Å². The summed E-state index contributed by atoms with van der Waals surface area (Å²) in [5.41, 5.74) is 2.34. The lowest BCUT2D eigenvalue weighted by molar-refractivity contribution is -0.141. The number of methoxy groups -OCH3 is 1. The number of hydrogen-bond acceptors (Lipinski definition) is 5. The molecule has 0 atom stereocenters. The predicted molar refractivity (Wildman–Crippen MR) is 81.8 cm³/mol. The molecule has 1 heterocycles. The number of pyridine rings is 1. The zero-order valence-corrected chi connectivity index (χ0v) is 12.5. The summed E-state index contributed by atoms with van der Waals surface area (Å²) < 4.78 is 9.78. The highest BCUT2D eigenvalue weighted by Crippen LogP contribution is 2.21. The molecule has 5 heteroatoms. The van der Waals surface area contributed by atoms with Crippen molar-refractivity contribution in [1.29, 1.82) is 0 Å². The van der Waals surface area contributed by atoms with Crippen LogP contribution in [0.2, 0.25) is 0 Å². The maximum absolute atomic E-state index is 11.9. The van der Waals surface area contributed by atoms with Crippen LogP contribution in [-0.4, -0.2) is 30.5 Å². The Morgan fingerprint density at radius 3 is 2.27 bits per heavy atom. The molecule has 22 heavy (non-hydrogen) atoms. The molecular formula is C17H17NO4. The summed E-state index contributed by atoms with van der Waals surface area (Å²) in [6, 6.07) is 10.7. The van der Waals surface area contributed by atoms with Crippen LogP contribution < -0.4 is 4.74 Å². The second kappa shape index (κ2) is 7.36. The summed E-state index contributed by atoms with van der Waals surface area (Å²) >= 11 is 0. The second-order valence-electron chi connectivity index (χ2n) is 4.57. The van der Waals surface area contributed by atoms with Gasteiger partial charge in [-0.25, -0.2) is 4.98 Å². The van der Waals surface area contributed by atoms with E-state index >= 15 is 0 Å². The van der Waals surface area contributed by atoms with Gasteiger partial charge >= 0.3 is 5.97 Å². The zero-order valence-electron chi connectivity index (χ0n) is 12.5. The van der Waals surface area contributed by atoms with Gasteiger partial charge in [0.05, 0.1) is 13.7 Å². The molecule has 0 aliphatic rings. The molecule has 0 aliphatic carbocycles. The Hall–Kier alpha value is -2.69. The number of rotatable bonds is 6. The first-order valence-corrected chi connectivity index (χ1v) is 6.93. The van der Waals surface area contributed by atoms with Gasteiger partial charge in [0, 0.05) is 23.4 Å². The quantitative estimate of drug-likeness (QED) is 0.466. The fourth-order valence-corrected chi connectivity index (χ4v) is 1.97. The molecule has 0 saturated carbocycles. The molecule has 0 N–H and O–H groups in total. The minimum absolute atomic E-state index is 0.239. The topological polar surface area (TPSA) is 65.5 Å². The number of carbonyl (C=O) groups excluding carboxylic acids is 2. The Labute approximate surface area is 128 Å². The summed E-state index contributed by atoms with van der Waals surface area (Å²) in [5, 5.41) is 0. The van der Waals surface area contributed by atoms with Crippen molar-refractivity contribution in [3.63, 3.8) is 0 Å². The lowest BCUT2D eigenvalue weighted by Gasteiger charge is -2.05. The molecule has 1 aromatic carbocycles. The lowest BCUT2D eigenvalue weighted by Crippen LogP contribution is -2.11. The number of ether oxygens (including phenoxy) is 2. The molecule has 0 fully saturated rings. The van der Waals surface area contributed by atoms with E-state index in [2.05, 4.69) is 4.98 Å². The highest BCUT2D eigenvalue weighted by molar-refractivity contribution is 6.06. The lowest BCUT2D eigenvalue weighted by atomic mass is 10.0. The fraction of sp³-hybridized carbons (Fsp3) is 0.235. The van der Waals surface area contributed by atoms with Crippen LogP contribution >= 0.6 is 0 Å². The van der Waals surface area contributed by atoms with Gasteiger partial charge in [0.15, 0.2) is 5.78 Å². The fourth-order valence-electron chi connectivity index (χ4n) is 1.97. The van der Waals surface area contributed by atoms with Gasteiger partial charge in [-0.1, -0.05) is 24.3 Å².